The summed E-state index contributed by atoms with van der Waals surface area (Å²) in [6, 6.07) is 4.31. The van der Waals surface area contributed by atoms with Crippen LogP contribution in [-0.4, -0.2) is 44.3 Å². The third kappa shape index (κ3) is 3.53. The normalized spacial score (nSPS) is 22.5. The average molecular weight is 305 g/mol. The summed E-state index contributed by atoms with van der Waals surface area (Å²) in [6.07, 6.45) is 0.335. The van der Waals surface area contributed by atoms with E-state index in [-0.39, 0.29) is 0 Å². The number of thiophene rings is 1. The SMILES string of the molecule is CNCC1CN(Cc2ccc(Br)s2)CCO1. The lowest BCUT2D eigenvalue weighted by Crippen LogP contribution is -2.45. The van der Waals surface area contributed by atoms with Gasteiger partial charge in [-0.2, -0.15) is 0 Å². The van der Waals surface area contributed by atoms with Crippen molar-refractivity contribution in [2.75, 3.05) is 33.3 Å². The van der Waals surface area contributed by atoms with Gasteiger partial charge in [0.1, 0.15) is 0 Å². The summed E-state index contributed by atoms with van der Waals surface area (Å²) >= 11 is 5.31. The van der Waals surface area contributed by atoms with Gasteiger partial charge in [0.05, 0.1) is 16.5 Å². The maximum absolute atomic E-state index is 5.68. The first kappa shape index (κ1) is 12.5. The zero-order valence-corrected chi connectivity index (χ0v) is 11.8. The molecule has 0 spiro atoms. The molecule has 1 fully saturated rings. The standard InChI is InChI=1S/C11H17BrN2OS/c1-13-6-9-7-14(4-5-15-9)8-10-2-3-11(12)16-10/h2-3,9,13H,4-8H2,1H3. The van der Waals surface area contributed by atoms with Crippen LogP contribution in [0.4, 0.5) is 0 Å². The van der Waals surface area contributed by atoms with Gasteiger partial charge in [-0.15, -0.1) is 11.3 Å². The molecule has 2 heterocycles. The van der Waals surface area contributed by atoms with E-state index in [1.807, 2.05) is 18.4 Å². The Morgan fingerprint density at radius 2 is 2.50 bits per heavy atom. The smallest absolute Gasteiger partial charge is 0.0826 e. The Morgan fingerprint density at radius 1 is 1.62 bits per heavy atom. The van der Waals surface area contributed by atoms with Crippen LogP contribution in [0.1, 0.15) is 4.88 Å². The topological polar surface area (TPSA) is 24.5 Å². The molecule has 1 atom stereocenters. The Hall–Kier alpha value is 0.0600. The van der Waals surface area contributed by atoms with E-state index in [0.29, 0.717) is 6.10 Å². The second-order valence-corrected chi connectivity index (χ2v) is 6.54. The highest BCUT2D eigenvalue weighted by atomic mass is 79.9. The maximum Gasteiger partial charge on any atom is 0.0826 e. The van der Waals surface area contributed by atoms with Crippen molar-refractivity contribution in [2.45, 2.75) is 12.6 Å². The van der Waals surface area contributed by atoms with E-state index in [0.717, 1.165) is 32.8 Å². The molecule has 0 radical (unpaired) electrons. The quantitative estimate of drug-likeness (QED) is 0.920. The van der Waals surface area contributed by atoms with Crippen molar-refractivity contribution in [2.24, 2.45) is 0 Å². The molecule has 2 rings (SSSR count). The lowest BCUT2D eigenvalue weighted by atomic mass is 10.2. The first-order valence-corrected chi connectivity index (χ1v) is 7.11. The van der Waals surface area contributed by atoms with Gasteiger partial charge in [0.25, 0.3) is 0 Å². The third-order valence-corrected chi connectivity index (χ3v) is 4.27. The second kappa shape index (κ2) is 6.12. The summed E-state index contributed by atoms with van der Waals surface area (Å²) in [6.45, 7) is 4.88. The van der Waals surface area contributed by atoms with Gasteiger partial charge in [0.2, 0.25) is 0 Å². The summed E-state index contributed by atoms with van der Waals surface area (Å²) in [5, 5.41) is 3.17. The Morgan fingerprint density at radius 3 is 3.19 bits per heavy atom. The molecule has 1 aliphatic heterocycles. The fourth-order valence-electron chi connectivity index (χ4n) is 1.93. The molecule has 1 unspecified atom stereocenters. The minimum absolute atomic E-state index is 0.335. The number of likely N-dealkylation sites (N-methyl/N-ethyl adjacent to an activating group) is 1. The zero-order valence-electron chi connectivity index (χ0n) is 9.41. The van der Waals surface area contributed by atoms with Crippen LogP contribution in [0.5, 0.6) is 0 Å². The Kier molecular flexibility index (Phi) is 4.79. The van der Waals surface area contributed by atoms with Crippen LogP contribution in [0.25, 0.3) is 0 Å². The highest BCUT2D eigenvalue weighted by Crippen LogP contribution is 2.23. The molecule has 0 aromatic carbocycles. The van der Waals surface area contributed by atoms with E-state index >= 15 is 0 Å². The van der Waals surface area contributed by atoms with Crippen LogP contribution >= 0.6 is 27.3 Å². The van der Waals surface area contributed by atoms with Crippen LogP contribution in [0.2, 0.25) is 0 Å². The monoisotopic (exact) mass is 304 g/mol. The van der Waals surface area contributed by atoms with Crippen molar-refractivity contribution in [3.63, 3.8) is 0 Å². The maximum atomic E-state index is 5.68. The Bertz CT molecular complexity index is 330. The molecule has 1 N–H and O–H groups in total. The van der Waals surface area contributed by atoms with Gasteiger partial charge in [0.15, 0.2) is 0 Å². The zero-order chi connectivity index (χ0) is 11.4. The van der Waals surface area contributed by atoms with Crippen LogP contribution < -0.4 is 5.32 Å². The first-order chi connectivity index (χ1) is 7.78. The molecular weight excluding hydrogens is 288 g/mol. The number of hydrogen-bond donors (Lipinski definition) is 1. The molecule has 3 nitrogen and oxygen atoms in total. The molecule has 0 bridgehead atoms. The molecule has 5 heteroatoms. The highest BCUT2D eigenvalue weighted by Gasteiger charge is 2.19. The van der Waals surface area contributed by atoms with Gasteiger partial charge in [-0.3, -0.25) is 4.90 Å². The van der Waals surface area contributed by atoms with Crippen molar-refractivity contribution in [1.82, 2.24) is 10.2 Å². The number of halogens is 1. The molecule has 1 aromatic heterocycles. The molecule has 90 valence electrons. The molecular formula is C11H17BrN2OS. The fourth-order valence-corrected chi connectivity index (χ4v) is 3.46. The second-order valence-electron chi connectivity index (χ2n) is 3.99. The van der Waals surface area contributed by atoms with E-state index in [1.54, 1.807) is 0 Å². The summed E-state index contributed by atoms with van der Waals surface area (Å²) in [5.74, 6) is 0. The van der Waals surface area contributed by atoms with Crippen LogP contribution in [0, 0.1) is 0 Å². The lowest BCUT2D eigenvalue weighted by Gasteiger charge is -2.32. The molecule has 0 amide bonds. The predicted octanol–water partition coefficient (Wildman–Crippen LogP) is 1.93. The minimum Gasteiger partial charge on any atom is -0.374 e. The predicted molar refractivity (Wildman–Crippen MR) is 71.0 cm³/mol. The van der Waals surface area contributed by atoms with Crippen LogP contribution in [-0.2, 0) is 11.3 Å². The molecule has 1 saturated heterocycles. The first-order valence-electron chi connectivity index (χ1n) is 5.50. The van der Waals surface area contributed by atoms with Gasteiger partial charge >= 0.3 is 0 Å². The summed E-state index contributed by atoms with van der Waals surface area (Å²) < 4.78 is 6.89. The largest absolute Gasteiger partial charge is 0.374 e. The van der Waals surface area contributed by atoms with Crippen LogP contribution in [0.15, 0.2) is 15.9 Å². The lowest BCUT2D eigenvalue weighted by molar-refractivity contribution is -0.0288. The van der Waals surface area contributed by atoms with Crippen molar-refractivity contribution in [3.8, 4) is 0 Å². The van der Waals surface area contributed by atoms with E-state index < -0.39 is 0 Å². The molecule has 1 aromatic rings. The summed E-state index contributed by atoms with van der Waals surface area (Å²) in [7, 11) is 1.97. The van der Waals surface area contributed by atoms with E-state index in [1.165, 1.54) is 8.66 Å². The molecule has 1 aliphatic rings. The summed E-state index contributed by atoms with van der Waals surface area (Å²) in [5.41, 5.74) is 0. The number of ether oxygens (including phenoxy) is 1. The van der Waals surface area contributed by atoms with Gasteiger partial charge < -0.3 is 10.1 Å². The van der Waals surface area contributed by atoms with Gasteiger partial charge in [-0.05, 0) is 35.1 Å². The molecule has 0 saturated carbocycles. The minimum atomic E-state index is 0.335. The number of morpholine rings is 1. The molecule has 0 aliphatic carbocycles. The highest BCUT2D eigenvalue weighted by molar-refractivity contribution is 9.11. The van der Waals surface area contributed by atoms with E-state index in [4.69, 9.17) is 4.74 Å². The van der Waals surface area contributed by atoms with E-state index in [2.05, 4.69) is 38.3 Å². The van der Waals surface area contributed by atoms with E-state index in [9.17, 15) is 0 Å². The summed E-state index contributed by atoms with van der Waals surface area (Å²) in [4.78, 5) is 3.88. The van der Waals surface area contributed by atoms with Crippen molar-refractivity contribution in [3.05, 3.63) is 20.8 Å². The average Bonchev–Trinajstić information content (AvgIpc) is 2.65. The molecule has 16 heavy (non-hydrogen) atoms. The number of nitrogens with zero attached hydrogens (tertiary/aromatic N) is 1. The number of hydrogen-bond acceptors (Lipinski definition) is 4. The Balaban J connectivity index is 1.85. The fraction of sp³-hybridized carbons (Fsp3) is 0.636. The number of rotatable bonds is 4. The number of nitrogens with one attached hydrogen (secondary N) is 1. The van der Waals surface area contributed by atoms with Crippen molar-refractivity contribution < 1.29 is 4.74 Å². The van der Waals surface area contributed by atoms with Crippen molar-refractivity contribution >= 4 is 27.3 Å². The van der Waals surface area contributed by atoms with Crippen LogP contribution in [0.3, 0.4) is 0 Å². The van der Waals surface area contributed by atoms with Crippen molar-refractivity contribution in [1.29, 1.82) is 0 Å². The van der Waals surface area contributed by atoms with Gasteiger partial charge in [-0.1, -0.05) is 0 Å². The third-order valence-electron chi connectivity index (χ3n) is 2.66. The Labute approximate surface area is 109 Å². The van der Waals surface area contributed by atoms with Gasteiger partial charge in [0, 0.05) is 31.1 Å². The van der Waals surface area contributed by atoms with Gasteiger partial charge in [-0.25, -0.2) is 0 Å².